The number of hydrogen-bond acceptors (Lipinski definition) is 6. The van der Waals surface area contributed by atoms with E-state index in [9.17, 15) is 8.78 Å². The Hall–Kier alpha value is -1.66. The highest BCUT2D eigenvalue weighted by molar-refractivity contribution is 7.99. The van der Waals surface area contributed by atoms with Crippen molar-refractivity contribution in [3.05, 3.63) is 35.4 Å². The zero-order chi connectivity index (χ0) is 21.3. The van der Waals surface area contributed by atoms with Gasteiger partial charge in [0.05, 0.1) is 0 Å². The Kier molecular flexibility index (Phi) is 6.63. The first-order chi connectivity index (χ1) is 14.5. The highest BCUT2D eigenvalue weighted by Crippen LogP contribution is 2.49. The molecule has 2 saturated carbocycles. The molecule has 2 aliphatic carbocycles. The van der Waals surface area contributed by atoms with E-state index in [-0.39, 0.29) is 12.0 Å². The SMILES string of the molecule is CCCSc1nc(NC2CCCC2)c(N)c(N(P)C2C[C@H]2c2ccc(F)c(F)c2)n1. The van der Waals surface area contributed by atoms with Gasteiger partial charge in [-0.25, -0.2) is 18.7 Å². The molecule has 9 heteroatoms. The number of aromatic nitrogens is 2. The summed E-state index contributed by atoms with van der Waals surface area (Å²) in [5, 5.41) is 4.23. The number of rotatable bonds is 8. The summed E-state index contributed by atoms with van der Waals surface area (Å²) in [6.45, 7) is 2.13. The molecular weight excluding hydrogens is 423 g/mol. The van der Waals surface area contributed by atoms with E-state index in [1.165, 1.54) is 25.0 Å². The minimum absolute atomic E-state index is 0.111. The van der Waals surface area contributed by atoms with Crippen molar-refractivity contribution < 1.29 is 8.78 Å². The topological polar surface area (TPSA) is 67.1 Å². The Balaban J connectivity index is 1.57. The summed E-state index contributed by atoms with van der Waals surface area (Å²) in [4.78, 5) is 9.41. The number of thioether (sulfide) groups is 1. The van der Waals surface area contributed by atoms with E-state index in [2.05, 4.69) is 26.6 Å². The number of halogens is 2. The molecule has 0 spiro atoms. The number of nitrogen functional groups attached to an aromatic ring is 1. The average Bonchev–Trinajstić information content (AvgIpc) is 3.37. The summed E-state index contributed by atoms with van der Waals surface area (Å²) in [5.74, 6) is 0.789. The largest absolute Gasteiger partial charge is 0.393 e. The molecule has 2 aromatic rings. The van der Waals surface area contributed by atoms with Crippen molar-refractivity contribution in [2.45, 2.75) is 68.6 Å². The maximum atomic E-state index is 13.7. The molecule has 0 saturated heterocycles. The van der Waals surface area contributed by atoms with E-state index in [1.807, 2.05) is 4.67 Å². The summed E-state index contributed by atoms with van der Waals surface area (Å²) in [5.41, 5.74) is 7.82. The fourth-order valence-corrected chi connectivity index (χ4v) is 5.23. The van der Waals surface area contributed by atoms with Crippen LogP contribution in [0.15, 0.2) is 23.4 Å². The Morgan fingerprint density at radius 3 is 2.70 bits per heavy atom. The van der Waals surface area contributed by atoms with Crippen LogP contribution in [0.25, 0.3) is 0 Å². The van der Waals surface area contributed by atoms with Gasteiger partial charge in [0.25, 0.3) is 0 Å². The second-order valence-corrected chi connectivity index (χ2v) is 9.68. The first-order valence-corrected chi connectivity index (χ1v) is 12.0. The molecule has 162 valence electrons. The lowest BCUT2D eigenvalue weighted by molar-refractivity contribution is 0.507. The standard InChI is InChI=1S/C21H28F2N5PS/c1-2-9-30-21-26-19(25-13-5-3-4-6-13)18(24)20(27-21)28(29)17-11-14(17)12-7-8-15(22)16(23)10-12/h7-8,10,13-14,17H,2-6,9,11,24,29H2,1H3,(H,25,26,27)/t14-,17?/m0/s1. The van der Waals surface area contributed by atoms with Gasteiger partial charge in [0.1, 0.15) is 5.69 Å². The van der Waals surface area contributed by atoms with Crippen molar-refractivity contribution >= 4 is 38.5 Å². The highest BCUT2D eigenvalue weighted by atomic mass is 32.2. The van der Waals surface area contributed by atoms with Crippen LogP contribution < -0.4 is 15.7 Å². The van der Waals surface area contributed by atoms with Crippen LogP contribution >= 0.6 is 21.2 Å². The fraction of sp³-hybridized carbons (Fsp3) is 0.524. The quantitative estimate of drug-likeness (QED) is 0.321. The van der Waals surface area contributed by atoms with Gasteiger partial charge in [0, 0.05) is 23.8 Å². The molecule has 3 N–H and O–H groups in total. The third-order valence-corrected chi connectivity index (χ3v) is 7.45. The molecule has 1 aromatic heterocycles. The van der Waals surface area contributed by atoms with Crippen LogP contribution in [0.4, 0.5) is 26.1 Å². The number of hydrogen-bond donors (Lipinski definition) is 2. The van der Waals surface area contributed by atoms with Crippen molar-refractivity contribution in [1.29, 1.82) is 0 Å². The molecular formula is C21H28F2N5PS. The lowest BCUT2D eigenvalue weighted by Gasteiger charge is -2.23. The summed E-state index contributed by atoms with van der Waals surface area (Å²) >= 11 is 1.62. The molecule has 4 rings (SSSR count). The van der Waals surface area contributed by atoms with Crippen molar-refractivity contribution in [3.63, 3.8) is 0 Å². The zero-order valence-corrected chi connectivity index (χ0v) is 19.0. The Bertz CT molecular complexity index is 909. The van der Waals surface area contributed by atoms with Gasteiger partial charge in [0.15, 0.2) is 28.4 Å². The van der Waals surface area contributed by atoms with Gasteiger partial charge in [0.2, 0.25) is 0 Å². The second-order valence-electron chi connectivity index (χ2n) is 8.06. The van der Waals surface area contributed by atoms with Gasteiger partial charge in [-0.1, -0.05) is 37.6 Å². The van der Waals surface area contributed by atoms with Crippen LogP contribution in [0.1, 0.15) is 56.9 Å². The Labute approximate surface area is 182 Å². The van der Waals surface area contributed by atoms with Crippen LogP contribution in [0, 0.1) is 11.6 Å². The van der Waals surface area contributed by atoms with E-state index in [1.54, 1.807) is 17.8 Å². The zero-order valence-electron chi connectivity index (χ0n) is 17.1. The van der Waals surface area contributed by atoms with Crippen LogP contribution in [-0.4, -0.2) is 27.8 Å². The third-order valence-electron chi connectivity index (χ3n) is 5.77. The fourth-order valence-electron chi connectivity index (χ4n) is 4.01. The number of anilines is 3. The smallest absolute Gasteiger partial charge is 0.191 e. The summed E-state index contributed by atoms with van der Waals surface area (Å²) in [6.07, 6.45) is 6.57. The Morgan fingerprint density at radius 2 is 2.00 bits per heavy atom. The normalized spacial score (nSPS) is 21.1. The monoisotopic (exact) mass is 451 g/mol. The molecule has 2 unspecified atom stereocenters. The molecule has 5 nitrogen and oxygen atoms in total. The molecule has 0 amide bonds. The summed E-state index contributed by atoms with van der Waals surface area (Å²) < 4.78 is 28.9. The van der Waals surface area contributed by atoms with E-state index < -0.39 is 11.6 Å². The number of nitrogens with zero attached hydrogens (tertiary/aromatic N) is 3. The number of nitrogens with two attached hydrogens (primary N) is 1. The van der Waals surface area contributed by atoms with Crippen LogP contribution in [0.2, 0.25) is 0 Å². The van der Waals surface area contributed by atoms with Crippen LogP contribution in [0.3, 0.4) is 0 Å². The Morgan fingerprint density at radius 1 is 1.23 bits per heavy atom. The minimum Gasteiger partial charge on any atom is -0.393 e. The molecule has 0 radical (unpaired) electrons. The van der Waals surface area contributed by atoms with Crippen molar-refractivity contribution in [2.75, 3.05) is 21.5 Å². The molecule has 2 fully saturated rings. The highest BCUT2D eigenvalue weighted by Gasteiger charge is 2.43. The lowest BCUT2D eigenvalue weighted by atomic mass is 10.1. The molecule has 0 aliphatic heterocycles. The second kappa shape index (κ2) is 9.23. The van der Waals surface area contributed by atoms with E-state index in [0.717, 1.165) is 37.0 Å². The van der Waals surface area contributed by atoms with Gasteiger partial charge in [-0.2, -0.15) is 0 Å². The van der Waals surface area contributed by atoms with E-state index in [0.29, 0.717) is 28.5 Å². The van der Waals surface area contributed by atoms with Crippen LogP contribution in [0.5, 0.6) is 0 Å². The third kappa shape index (κ3) is 4.65. The minimum atomic E-state index is -0.820. The summed E-state index contributed by atoms with van der Waals surface area (Å²) in [7, 11) is 2.71. The predicted octanol–water partition coefficient (Wildman–Crippen LogP) is 5.35. The lowest BCUT2D eigenvalue weighted by Crippen LogP contribution is -2.21. The van der Waals surface area contributed by atoms with Gasteiger partial charge >= 0.3 is 0 Å². The molecule has 1 aromatic carbocycles. The van der Waals surface area contributed by atoms with E-state index in [4.69, 9.17) is 10.7 Å². The molecule has 1 heterocycles. The van der Waals surface area contributed by atoms with Gasteiger partial charge in [-0.15, -0.1) is 0 Å². The molecule has 3 atom stereocenters. The maximum absolute atomic E-state index is 13.7. The molecule has 0 bridgehead atoms. The van der Waals surface area contributed by atoms with Gasteiger partial charge in [-0.3, -0.25) is 0 Å². The van der Waals surface area contributed by atoms with E-state index >= 15 is 0 Å². The van der Waals surface area contributed by atoms with Crippen molar-refractivity contribution in [3.8, 4) is 0 Å². The van der Waals surface area contributed by atoms with Gasteiger partial charge in [-0.05, 0) is 52.8 Å². The number of nitrogens with one attached hydrogen (secondary N) is 1. The predicted molar refractivity (Wildman–Crippen MR) is 123 cm³/mol. The first kappa shape index (κ1) is 21.6. The summed E-state index contributed by atoms with van der Waals surface area (Å²) in [6, 6.07) is 4.64. The number of benzene rings is 1. The van der Waals surface area contributed by atoms with Crippen molar-refractivity contribution in [1.82, 2.24) is 9.97 Å². The van der Waals surface area contributed by atoms with Crippen LogP contribution in [-0.2, 0) is 0 Å². The van der Waals surface area contributed by atoms with Crippen molar-refractivity contribution in [2.24, 2.45) is 0 Å². The first-order valence-electron chi connectivity index (χ1n) is 10.5. The molecule has 2 aliphatic rings. The average molecular weight is 452 g/mol. The maximum Gasteiger partial charge on any atom is 0.191 e. The van der Waals surface area contributed by atoms with Gasteiger partial charge < -0.3 is 15.7 Å². The molecule has 30 heavy (non-hydrogen) atoms.